The lowest BCUT2D eigenvalue weighted by molar-refractivity contribution is -0.139. The van der Waals surface area contributed by atoms with E-state index >= 15 is 0 Å². The second-order valence-corrected chi connectivity index (χ2v) is 4.17. The van der Waals surface area contributed by atoms with Gasteiger partial charge in [-0.2, -0.15) is 0 Å². The van der Waals surface area contributed by atoms with Crippen LogP contribution < -0.4 is 10.2 Å². The summed E-state index contributed by atoms with van der Waals surface area (Å²) in [6.07, 6.45) is 1.44. The molecule has 7 heteroatoms. The Morgan fingerprint density at radius 1 is 1.47 bits per heavy atom. The number of nitrogens with one attached hydrogen (secondary N) is 1. The van der Waals surface area contributed by atoms with E-state index in [4.69, 9.17) is 10.2 Å². The molecular weight excluding hydrogens is 250 g/mol. The van der Waals surface area contributed by atoms with E-state index in [2.05, 4.69) is 10.3 Å². The molecule has 1 aromatic heterocycles. The first kappa shape index (κ1) is 14.9. The molecular formula is C12H17N3O4. The first-order valence-corrected chi connectivity index (χ1v) is 5.73. The quantitative estimate of drug-likeness (QED) is 0.654. The van der Waals surface area contributed by atoms with Crippen LogP contribution in [0.25, 0.3) is 0 Å². The highest BCUT2D eigenvalue weighted by atomic mass is 16.4. The van der Waals surface area contributed by atoms with Gasteiger partial charge in [-0.3, -0.25) is 4.79 Å². The van der Waals surface area contributed by atoms with Gasteiger partial charge in [-0.05, 0) is 12.1 Å². The Bertz CT molecular complexity index is 462. The predicted molar refractivity (Wildman–Crippen MR) is 69.2 cm³/mol. The van der Waals surface area contributed by atoms with Gasteiger partial charge in [0.15, 0.2) is 0 Å². The second-order valence-electron chi connectivity index (χ2n) is 4.17. The maximum atomic E-state index is 11.9. The van der Waals surface area contributed by atoms with Gasteiger partial charge in [0.2, 0.25) is 0 Å². The molecule has 1 rings (SSSR count). The first-order valence-electron chi connectivity index (χ1n) is 5.73. The van der Waals surface area contributed by atoms with Crippen molar-refractivity contribution in [1.82, 2.24) is 10.3 Å². The summed E-state index contributed by atoms with van der Waals surface area (Å²) in [6.45, 7) is -0.309. The molecule has 104 valence electrons. The van der Waals surface area contributed by atoms with Gasteiger partial charge in [-0.15, -0.1) is 0 Å². The number of carboxylic acid groups (broad SMARTS) is 1. The summed E-state index contributed by atoms with van der Waals surface area (Å²) < 4.78 is 0. The zero-order valence-electron chi connectivity index (χ0n) is 10.8. The lowest BCUT2D eigenvalue weighted by Crippen LogP contribution is -2.41. The zero-order chi connectivity index (χ0) is 14.4. The van der Waals surface area contributed by atoms with Crippen LogP contribution in [0.2, 0.25) is 0 Å². The number of anilines is 1. The fourth-order valence-electron chi connectivity index (χ4n) is 1.43. The van der Waals surface area contributed by atoms with E-state index in [-0.39, 0.29) is 13.0 Å². The predicted octanol–water partition coefficient (Wildman–Crippen LogP) is -0.287. The van der Waals surface area contributed by atoms with Crippen LogP contribution in [0.3, 0.4) is 0 Å². The molecule has 7 nitrogen and oxygen atoms in total. The Hall–Kier alpha value is -2.15. The minimum absolute atomic E-state index is 0.0350. The van der Waals surface area contributed by atoms with Gasteiger partial charge in [0.1, 0.15) is 11.9 Å². The Morgan fingerprint density at radius 3 is 2.68 bits per heavy atom. The van der Waals surface area contributed by atoms with Gasteiger partial charge in [0, 0.05) is 38.9 Å². The number of aliphatic carboxylic acids is 1. The molecule has 1 aromatic rings. The Kier molecular flexibility index (Phi) is 5.25. The standard InChI is InChI=1S/C12H17N3O4/c1-15(2)10-7-8(3-5-13-10)11(17)14-9(4-6-16)12(18)19/h3,5,7,9,16H,4,6H2,1-2H3,(H,14,17)(H,18,19)/t9-/m0/s1. The van der Waals surface area contributed by atoms with Gasteiger partial charge in [0.05, 0.1) is 0 Å². The van der Waals surface area contributed by atoms with Crippen molar-refractivity contribution in [2.24, 2.45) is 0 Å². The molecule has 0 aromatic carbocycles. The largest absolute Gasteiger partial charge is 0.480 e. The first-order chi connectivity index (χ1) is 8.95. The molecule has 3 N–H and O–H groups in total. The summed E-state index contributed by atoms with van der Waals surface area (Å²) in [5, 5.41) is 20.0. The maximum absolute atomic E-state index is 11.9. The molecule has 0 saturated carbocycles. The molecule has 19 heavy (non-hydrogen) atoms. The minimum Gasteiger partial charge on any atom is -0.480 e. The Balaban J connectivity index is 2.82. The molecule has 0 fully saturated rings. The number of aliphatic hydroxyl groups is 1. The lowest BCUT2D eigenvalue weighted by atomic mass is 10.2. The number of carbonyl (C=O) groups is 2. The van der Waals surface area contributed by atoms with E-state index < -0.39 is 17.9 Å². The molecule has 0 spiro atoms. The average Bonchev–Trinajstić information content (AvgIpc) is 2.38. The number of aliphatic hydroxyl groups excluding tert-OH is 1. The summed E-state index contributed by atoms with van der Waals surface area (Å²) in [5.74, 6) is -1.09. The number of carboxylic acids is 1. The monoisotopic (exact) mass is 267 g/mol. The normalized spacial score (nSPS) is 11.7. The number of carbonyl (C=O) groups excluding carboxylic acids is 1. The highest BCUT2D eigenvalue weighted by Crippen LogP contribution is 2.09. The number of pyridine rings is 1. The molecule has 1 amide bonds. The van der Waals surface area contributed by atoms with Crippen molar-refractivity contribution in [3.05, 3.63) is 23.9 Å². The molecule has 0 aliphatic rings. The van der Waals surface area contributed by atoms with Crippen LogP contribution in [0.1, 0.15) is 16.8 Å². The van der Waals surface area contributed by atoms with Gasteiger partial charge in [-0.1, -0.05) is 0 Å². The van der Waals surface area contributed by atoms with Crippen LogP contribution >= 0.6 is 0 Å². The summed E-state index contributed by atoms with van der Waals surface area (Å²) >= 11 is 0. The van der Waals surface area contributed by atoms with E-state index in [0.29, 0.717) is 11.4 Å². The maximum Gasteiger partial charge on any atom is 0.326 e. The minimum atomic E-state index is -1.18. The van der Waals surface area contributed by atoms with Crippen molar-refractivity contribution in [1.29, 1.82) is 0 Å². The van der Waals surface area contributed by atoms with Crippen molar-refractivity contribution in [2.75, 3.05) is 25.6 Å². The van der Waals surface area contributed by atoms with E-state index in [1.54, 1.807) is 25.1 Å². The zero-order valence-corrected chi connectivity index (χ0v) is 10.8. The molecule has 0 aliphatic carbocycles. The lowest BCUT2D eigenvalue weighted by Gasteiger charge is -2.15. The van der Waals surface area contributed by atoms with Crippen molar-refractivity contribution in [2.45, 2.75) is 12.5 Å². The van der Waals surface area contributed by atoms with Crippen LogP contribution in [-0.2, 0) is 4.79 Å². The van der Waals surface area contributed by atoms with Gasteiger partial charge in [0.25, 0.3) is 5.91 Å². The van der Waals surface area contributed by atoms with Gasteiger partial charge >= 0.3 is 5.97 Å². The van der Waals surface area contributed by atoms with Crippen molar-refractivity contribution >= 4 is 17.7 Å². The Labute approximate surface area is 110 Å². The van der Waals surface area contributed by atoms with Crippen LogP contribution in [0.4, 0.5) is 5.82 Å². The number of hydrogen-bond donors (Lipinski definition) is 3. The molecule has 0 unspecified atom stereocenters. The molecule has 0 aliphatic heterocycles. The van der Waals surface area contributed by atoms with Crippen LogP contribution in [-0.4, -0.2) is 53.8 Å². The number of rotatable bonds is 6. The molecule has 0 saturated heterocycles. The third-order valence-corrected chi connectivity index (χ3v) is 2.49. The fourth-order valence-corrected chi connectivity index (χ4v) is 1.43. The van der Waals surface area contributed by atoms with Gasteiger partial charge < -0.3 is 20.4 Å². The number of amides is 1. The third-order valence-electron chi connectivity index (χ3n) is 2.49. The van der Waals surface area contributed by atoms with E-state index in [9.17, 15) is 9.59 Å². The van der Waals surface area contributed by atoms with Crippen LogP contribution in [0.15, 0.2) is 18.3 Å². The summed E-state index contributed by atoms with van der Waals surface area (Å²) in [5.41, 5.74) is 0.322. The average molecular weight is 267 g/mol. The molecule has 0 bridgehead atoms. The van der Waals surface area contributed by atoms with Crippen LogP contribution in [0, 0.1) is 0 Å². The molecule has 1 heterocycles. The second kappa shape index (κ2) is 6.69. The molecule has 1 atom stereocenters. The van der Waals surface area contributed by atoms with E-state index in [1.165, 1.54) is 12.3 Å². The van der Waals surface area contributed by atoms with Crippen LogP contribution in [0.5, 0.6) is 0 Å². The smallest absolute Gasteiger partial charge is 0.326 e. The highest BCUT2D eigenvalue weighted by molar-refractivity contribution is 5.97. The van der Waals surface area contributed by atoms with Crippen molar-refractivity contribution < 1.29 is 19.8 Å². The van der Waals surface area contributed by atoms with Gasteiger partial charge in [-0.25, -0.2) is 9.78 Å². The van der Waals surface area contributed by atoms with E-state index in [0.717, 1.165) is 0 Å². The van der Waals surface area contributed by atoms with Crippen molar-refractivity contribution in [3.8, 4) is 0 Å². The number of nitrogens with zero attached hydrogens (tertiary/aromatic N) is 2. The summed E-state index contributed by atoms with van der Waals surface area (Å²) in [4.78, 5) is 28.6. The third kappa shape index (κ3) is 4.22. The number of aromatic nitrogens is 1. The number of hydrogen-bond acceptors (Lipinski definition) is 5. The topological polar surface area (TPSA) is 103 Å². The SMILES string of the molecule is CN(C)c1cc(C(=O)N[C@@H](CCO)C(=O)O)ccn1. The van der Waals surface area contributed by atoms with Crippen molar-refractivity contribution in [3.63, 3.8) is 0 Å². The fraction of sp³-hybridized carbons (Fsp3) is 0.417. The highest BCUT2D eigenvalue weighted by Gasteiger charge is 2.20. The summed E-state index contributed by atoms with van der Waals surface area (Å²) in [6, 6.07) is 1.96. The Morgan fingerprint density at radius 2 is 2.16 bits per heavy atom. The molecule has 0 radical (unpaired) electrons. The summed E-state index contributed by atoms with van der Waals surface area (Å²) in [7, 11) is 3.58. The van der Waals surface area contributed by atoms with E-state index in [1.807, 2.05) is 0 Å².